The molecular weight excluding hydrogens is 330 g/mol. The zero-order chi connectivity index (χ0) is 18.3. The highest BCUT2D eigenvalue weighted by atomic mass is 16.1. The van der Waals surface area contributed by atoms with Gasteiger partial charge in [0.15, 0.2) is 0 Å². The molecule has 0 saturated carbocycles. The third kappa shape index (κ3) is 2.96. The van der Waals surface area contributed by atoms with Crippen LogP contribution in [0.1, 0.15) is 39.6 Å². The Kier molecular flexibility index (Phi) is 4.20. The number of hydrogen-bond donors (Lipinski definition) is 2. The number of carbonyl (C=O) groups is 1. The highest BCUT2D eigenvalue weighted by molar-refractivity contribution is 5.93. The molecule has 0 aliphatic carbocycles. The summed E-state index contributed by atoms with van der Waals surface area (Å²) in [6, 6.07) is 2.06. The van der Waals surface area contributed by atoms with Gasteiger partial charge in [0, 0.05) is 24.5 Å². The van der Waals surface area contributed by atoms with Crippen molar-refractivity contribution in [3.63, 3.8) is 0 Å². The molecule has 8 heteroatoms. The van der Waals surface area contributed by atoms with Crippen molar-refractivity contribution in [2.24, 2.45) is 11.7 Å². The van der Waals surface area contributed by atoms with Gasteiger partial charge in [0.25, 0.3) is 5.91 Å². The monoisotopic (exact) mass is 353 g/mol. The van der Waals surface area contributed by atoms with Gasteiger partial charge in [0.2, 0.25) is 5.78 Å². The predicted octanol–water partition coefficient (Wildman–Crippen LogP) is 0.994. The predicted molar refractivity (Wildman–Crippen MR) is 96.7 cm³/mol. The molecule has 8 nitrogen and oxygen atoms in total. The normalized spacial score (nSPS) is 16.8. The number of carbonyl (C=O) groups excluding carboxylic acids is 1. The molecule has 3 aromatic rings. The second-order valence-corrected chi connectivity index (χ2v) is 7.01. The van der Waals surface area contributed by atoms with Crippen molar-refractivity contribution in [1.29, 1.82) is 0 Å². The van der Waals surface area contributed by atoms with Crippen molar-refractivity contribution in [2.75, 3.05) is 6.54 Å². The van der Waals surface area contributed by atoms with Crippen molar-refractivity contribution in [3.05, 3.63) is 46.8 Å². The average Bonchev–Trinajstić information content (AvgIpc) is 3.18. The Morgan fingerprint density at radius 2 is 2.23 bits per heavy atom. The van der Waals surface area contributed by atoms with E-state index >= 15 is 0 Å². The minimum Gasteiger partial charge on any atom is -0.365 e. The van der Waals surface area contributed by atoms with Gasteiger partial charge < -0.3 is 11.1 Å². The van der Waals surface area contributed by atoms with Crippen molar-refractivity contribution in [3.8, 4) is 0 Å². The van der Waals surface area contributed by atoms with Crippen molar-refractivity contribution >= 4 is 11.7 Å². The van der Waals surface area contributed by atoms with E-state index in [4.69, 9.17) is 5.73 Å². The quantitative estimate of drug-likeness (QED) is 0.712. The first-order valence-corrected chi connectivity index (χ1v) is 8.88. The molecule has 136 valence electrons. The van der Waals surface area contributed by atoms with Crippen LogP contribution < -0.4 is 11.1 Å². The van der Waals surface area contributed by atoms with Crippen molar-refractivity contribution < 1.29 is 4.79 Å². The molecular formula is C18H23N7O. The summed E-state index contributed by atoms with van der Waals surface area (Å²) in [6.45, 7) is 6.47. The standard InChI is InChI=1S/C18H23N7O/c1-11-5-12(2)25-14(9-21-18(25)23-11)8-20-7-13-3-4-24-16(6-13)15(10-22-24)17(19)26/h5,9-10,13,20H,3-4,6-8H2,1-2H3,(H2,19,26)/t13-/m0/s1. The SMILES string of the molecule is Cc1cc(C)n2c(CNC[C@H]3CCn4ncc(C(N)=O)c4C3)cnc2n1. The molecule has 0 unspecified atom stereocenters. The van der Waals surface area contributed by atoms with Crippen LogP contribution in [0.2, 0.25) is 0 Å². The smallest absolute Gasteiger partial charge is 0.252 e. The zero-order valence-electron chi connectivity index (χ0n) is 15.1. The molecule has 4 heterocycles. The lowest BCUT2D eigenvalue weighted by molar-refractivity contribution is 0.0998. The van der Waals surface area contributed by atoms with E-state index in [9.17, 15) is 4.79 Å². The maximum atomic E-state index is 11.5. The first-order chi connectivity index (χ1) is 12.5. The Morgan fingerprint density at radius 1 is 1.38 bits per heavy atom. The van der Waals surface area contributed by atoms with Gasteiger partial charge in [-0.15, -0.1) is 0 Å². The summed E-state index contributed by atoms with van der Waals surface area (Å²) in [4.78, 5) is 20.4. The number of hydrogen-bond acceptors (Lipinski definition) is 5. The number of amides is 1. The number of imidazole rings is 1. The molecule has 1 amide bonds. The van der Waals surface area contributed by atoms with Gasteiger partial charge in [-0.2, -0.15) is 5.10 Å². The van der Waals surface area contributed by atoms with Crippen LogP contribution in [0.15, 0.2) is 18.5 Å². The third-order valence-corrected chi connectivity index (χ3v) is 5.05. The summed E-state index contributed by atoms with van der Waals surface area (Å²) in [6.07, 6.45) is 5.32. The maximum Gasteiger partial charge on any atom is 0.252 e. The average molecular weight is 353 g/mol. The number of rotatable bonds is 5. The van der Waals surface area contributed by atoms with E-state index in [0.29, 0.717) is 11.5 Å². The Hall–Kier alpha value is -2.74. The number of aromatic nitrogens is 5. The van der Waals surface area contributed by atoms with Gasteiger partial charge in [-0.25, -0.2) is 9.97 Å². The second kappa shape index (κ2) is 6.53. The molecule has 0 radical (unpaired) electrons. The van der Waals surface area contributed by atoms with E-state index in [1.807, 2.05) is 17.8 Å². The molecule has 0 saturated heterocycles. The fourth-order valence-corrected chi connectivity index (χ4v) is 3.80. The molecule has 1 atom stereocenters. The fraction of sp³-hybridized carbons (Fsp3) is 0.444. The number of fused-ring (bicyclic) bond motifs is 2. The van der Waals surface area contributed by atoms with Crippen LogP contribution in [-0.4, -0.2) is 36.6 Å². The summed E-state index contributed by atoms with van der Waals surface area (Å²) in [5, 5.41) is 7.79. The molecule has 1 aliphatic rings. The van der Waals surface area contributed by atoms with Gasteiger partial charge in [-0.3, -0.25) is 13.9 Å². The van der Waals surface area contributed by atoms with Crippen LogP contribution in [0.25, 0.3) is 5.78 Å². The van der Waals surface area contributed by atoms with Crippen LogP contribution >= 0.6 is 0 Å². The van der Waals surface area contributed by atoms with Gasteiger partial charge >= 0.3 is 0 Å². The number of nitrogens with one attached hydrogen (secondary N) is 1. The first-order valence-electron chi connectivity index (χ1n) is 8.88. The van der Waals surface area contributed by atoms with Crippen LogP contribution in [0.3, 0.4) is 0 Å². The van der Waals surface area contributed by atoms with Gasteiger partial charge in [-0.05, 0) is 45.2 Å². The van der Waals surface area contributed by atoms with Crippen molar-refractivity contribution in [1.82, 2.24) is 29.5 Å². The molecule has 4 rings (SSSR count). The molecule has 0 aromatic carbocycles. The fourth-order valence-electron chi connectivity index (χ4n) is 3.80. The lowest BCUT2D eigenvalue weighted by Crippen LogP contribution is -2.30. The number of primary amides is 1. The van der Waals surface area contributed by atoms with Crippen LogP contribution in [-0.2, 0) is 19.5 Å². The van der Waals surface area contributed by atoms with E-state index in [-0.39, 0.29) is 0 Å². The van der Waals surface area contributed by atoms with Gasteiger partial charge in [0.1, 0.15) is 0 Å². The van der Waals surface area contributed by atoms with Crippen LogP contribution in [0, 0.1) is 19.8 Å². The molecule has 1 aliphatic heterocycles. The summed E-state index contributed by atoms with van der Waals surface area (Å²) >= 11 is 0. The molecule has 26 heavy (non-hydrogen) atoms. The first kappa shape index (κ1) is 16.7. The van der Waals surface area contributed by atoms with E-state index in [1.54, 1.807) is 6.20 Å². The number of nitrogens with zero attached hydrogens (tertiary/aromatic N) is 5. The lowest BCUT2D eigenvalue weighted by Gasteiger charge is -2.24. The molecule has 0 bridgehead atoms. The molecule has 0 spiro atoms. The number of aryl methyl sites for hydroxylation is 3. The van der Waals surface area contributed by atoms with E-state index in [0.717, 1.165) is 61.0 Å². The van der Waals surface area contributed by atoms with E-state index < -0.39 is 5.91 Å². The molecule has 3 aromatic heterocycles. The summed E-state index contributed by atoms with van der Waals surface area (Å²) in [5.41, 5.74) is 10.2. The largest absolute Gasteiger partial charge is 0.365 e. The Morgan fingerprint density at radius 3 is 3.04 bits per heavy atom. The Balaban J connectivity index is 1.41. The molecule has 0 fully saturated rings. The van der Waals surface area contributed by atoms with Crippen molar-refractivity contribution in [2.45, 2.75) is 39.8 Å². The third-order valence-electron chi connectivity index (χ3n) is 5.05. The zero-order valence-corrected chi connectivity index (χ0v) is 15.1. The summed E-state index contributed by atoms with van der Waals surface area (Å²) in [5.74, 6) is 0.800. The summed E-state index contributed by atoms with van der Waals surface area (Å²) in [7, 11) is 0. The minimum atomic E-state index is -0.399. The second-order valence-electron chi connectivity index (χ2n) is 7.01. The van der Waals surface area contributed by atoms with Gasteiger partial charge in [0.05, 0.1) is 29.3 Å². The van der Waals surface area contributed by atoms with E-state index in [2.05, 4.69) is 37.8 Å². The highest BCUT2D eigenvalue weighted by Crippen LogP contribution is 2.22. The van der Waals surface area contributed by atoms with Crippen LogP contribution in [0.5, 0.6) is 0 Å². The highest BCUT2D eigenvalue weighted by Gasteiger charge is 2.24. The number of nitrogens with two attached hydrogens (primary N) is 1. The maximum absolute atomic E-state index is 11.5. The van der Waals surface area contributed by atoms with Crippen LogP contribution in [0.4, 0.5) is 0 Å². The topological polar surface area (TPSA) is 103 Å². The summed E-state index contributed by atoms with van der Waals surface area (Å²) < 4.78 is 3.99. The van der Waals surface area contributed by atoms with Gasteiger partial charge in [-0.1, -0.05) is 0 Å². The van der Waals surface area contributed by atoms with E-state index in [1.165, 1.54) is 0 Å². The molecule has 3 N–H and O–H groups in total. The lowest BCUT2D eigenvalue weighted by atomic mass is 9.94. The minimum absolute atomic E-state index is 0.399. The Labute approximate surface area is 151 Å². The Bertz CT molecular complexity index is 971.